The predicted octanol–water partition coefficient (Wildman–Crippen LogP) is 0.540. The first kappa shape index (κ1) is 10.2. The van der Waals surface area contributed by atoms with E-state index in [1.54, 1.807) is 6.92 Å². The van der Waals surface area contributed by atoms with E-state index in [1.807, 2.05) is 19.0 Å². The molecule has 0 aliphatic rings. The fraction of sp³-hybridized carbons (Fsp3) is 0.857. The Labute approximate surface area is 69.0 Å². The van der Waals surface area contributed by atoms with Gasteiger partial charge in [-0.05, 0) is 21.0 Å². The number of alkyl carbamates (subject to hydrolysis) is 1. The number of rotatable bonds is 4. The molecule has 0 radical (unpaired) electrons. The summed E-state index contributed by atoms with van der Waals surface area (Å²) in [5.41, 5.74) is 0. The van der Waals surface area contributed by atoms with E-state index in [0.29, 0.717) is 13.2 Å². The normalized spacial score (nSPS) is 9.82. The second kappa shape index (κ2) is 5.97. The lowest BCUT2D eigenvalue weighted by atomic mass is 10.6. The van der Waals surface area contributed by atoms with E-state index in [0.717, 1.165) is 6.54 Å². The van der Waals surface area contributed by atoms with Crippen LogP contribution in [0.1, 0.15) is 8.35 Å². The lowest BCUT2D eigenvalue weighted by Crippen LogP contribution is -2.31. The average molecular weight is 162 g/mol. The van der Waals surface area contributed by atoms with Gasteiger partial charge in [0.1, 0.15) is 0 Å². The molecule has 4 nitrogen and oxygen atoms in total. The van der Waals surface area contributed by atoms with Crippen molar-refractivity contribution in [2.75, 3.05) is 33.8 Å². The molecule has 1 N–H and O–H groups in total. The van der Waals surface area contributed by atoms with Gasteiger partial charge >= 0.3 is 6.09 Å². The number of nitrogens with one attached hydrogen (secondary N) is 1. The summed E-state index contributed by atoms with van der Waals surface area (Å²) in [6.45, 7) is 3.67. The molecule has 0 fully saturated rings. The fourth-order valence-electron chi connectivity index (χ4n) is 0.564. The second-order valence-corrected chi connectivity index (χ2v) is 2.45. The minimum absolute atomic E-state index is 0. The third kappa shape index (κ3) is 7.12. The van der Waals surface area contributed by atoms with Gasteiger partial charge in [0.05, 0.1) is 6.61 Å². The van der Waals surface area contributed by atoms with Gasteiger partial charge in [0, 0.05) is 14.5 Å². The van der Waals surface area contributed by atoms with Gasteiger partial charge in [-0.25, -0.2) is 4.79 Å². The van der Waals surface area contributed by atoms with Crippen molar-refractivity contribution in [3.8, 4) is 0 Å². The van der Waals surface area contributed by atoms with Gasteiger partial charge < -0.3 is 15.0 Å². The number of hydrogen-bond donors (Lipinski definition) is 1. The standard InChI is InChI=1S/C7H16N2O2.H2/c1-4-11-7(10)8-5-6-9(2)3;/h4-6H2,1-3H3,(H,8,10);1H. The number of carbonyl (C=O) groups excluding carboxylic acids is 1. The molecule has 0 spiro atoms. The highest BCUT2D eigenvalue weighted by Crippen LogP contribution is 1.76. The van der Waals surface area contributed by atoms with Crippen molar-refractivity contribution < 1.29 is 11.0 Å². The molecule has 0 saturated heterocycles. The van der Waals surface area contributed by atoms with Crippen molar-refractivity contribution >= 4 is 6.09 Å². The Balaban J connectivity index is 0. The Morgan fingerprint density at radius 2 is 2.27 bits per heavy atom. The average Bonchev–Trinajstić information content (AvgIpc) is 1.87. The van der Waals surface area contributed by atoms with E-state index in [1.165, 1.54) is 0 Å². The number of carbonyl (C=O) groups is 1. The van der Waals surface area contributed by atoms with Crippen LogP contribution in [0.15, 0.2) is 0 Å². The SMILES string of the molecule is CCOC(=O)NCCN(C)C.[HH]. The molecule has 0 heterocycles. The van der Waals surface area contributed by atoms with E-state index in [-0.39, 0.29) is 7.52 Å². The first-order valence-corrected chi connectivity index (χ1v) is 3.72. The van der Waals surface area contributed by atoms with E-state index in [2.05, 4.69) is 10.1 Å². The molecule has 68 valence electrons. The minimum atomic E-state index is -0.339. The summed E-state index contributed by atoms with van der Waals surface area (Å²) in [7, 11) is 3.90. The van der Waals surface area contributed by atoms with Crippen LogP contribution in [0, 0.1) is 0 Å². The maximum atomic E-state index is 10.7. The van der Waals surface area contributed by atoms with Crippen molar-refractivity contribution in [3.05, 3.63) is 0 Å². The maximum absolute atomic E-state index is 10.7. The molecule has 0 saturated carbocycles. The van der Waals surface area contributed by atoms with Gasteiger partial charge in [-0.2, -0.15) is 0 Å². The Morgan fingerprint density at radius 1 is 1.64 bits per heavy atom. The zero-order chi connectivity index (χ0) is 8.69. The van der Waals surface area contributed by atoms with Crippen LogP contribution in [0.5, 0.6) is 0 Å². The molecule has 0 aromatic carbocycles. The van der Waals surface area contributed by atoms with Crippen molar-refractivity contribution in [1.29, 1.82) is 0 Å². The van der Waals surface area contributed by atoms with Crippen molar-refractivity contribution in [3.63, 3.8) is 0 Å². The summed E-state index contributed by atoms with van der Waals surface area (Å²) in [6, 6.07) is 0. The lowest BCUT2D eigenvalue weighted by molar-refractivity contribution is 0.151. The molecule has 4 heteroatoms. The number of nitrogens with zero attached hydrogens (tertiary/aromatic N) is 1. The highest BCUT2D eigenvalue weighted by Gasteiger charge is 1.97. The van der Waals surface area contributed by atoms with E-state index in [4.69, 9.17) is 0 Å². The molecular weight excluding hydrogens is 144 g/mol. The number of hydrogen-bond acceptors (Lipinski definition) is 3. The predicted molar refractivity (Wildman–Crippen MR) is 45.7 cm³/mol. The molecule has 0 aliphatic carbocycles. The summed E-state index contributed by atoms with van der Waals surface area (Å²) in [5, 5.41) is 2.61. The van der Waals surface area contributed by atoms with Gasteiger partial charge in [0.2, 0.25) is 0 Å². The molecule has 0 unspecified atom stereocenters. The Kier molecular flexibility index (Phi) is 5.56. The first-order chi connectivity index (χ1) is 5.16. The second-order valence-electron chi connectivity index (χ2n) is 2.45. The molecule has 0 aromatic heterocycles. The van der Waals surface area contributed by atoms with E-state index >= 15 is 0 Å². The third-order valence-corrected chi connectivity index (χ3v) is 1.10. The summed E-state index contributed by atoms with van der Waals surface area (Å²) >= 11 is 0. The smallest absolute Gasteiger partial charge is 0.407 e. The summed E-state index contributed by atoms with van der Waals surface area (Å²) < 4.78 is 4.66. The van der Waals surface area contributed by atoms with E-state index in [9.17, 15) is 4.79 Å². The monoisotopic (exact) mass is 162 g/mol. The molecular formula is C7H18N2O2. The maximum Gasteiger partial charge on any atom is 0.407 e. The van der Waals surface area contributed by atoms with Crippen LogP contribution in [-0.2, 0) is 4.74 Å². The van der Waals surface area contributed by atoms with Crippen LogP contribution < -0.4 is 5.32 Å². The summed E-state index contributed by atoms with van der Waals surface area (Å²) in [4.78, 5) is 12.7. The Bertz CT molecular complexity index is 120. The molecule has 0 aromatic rings. The van der Waals surface area contributed by atoms with Crippen LogP contribution >= 0.6 is 0 Å². The molecule has 0 atom stereocenters. The molecule has 11 heavy (non-hydrogen) atoms. The molecule has 0 rings (SSSR count). The molecule has 1 amide bonds. The summed E-state index contributed by atoms with van der Waals surface area (Å²) in [5.74, 6) is 0. The number of likely N-dealkylation sites (N-methyl/N-ethyl adjacent to an activating group) is 1. The van der Waals surface area contributed by atoms with Crippen LogP contribution in [0.25, 0.3) is 0 Å². The molecule has 0 aliphatic heterocycles. The Morgan fingerprint density at radius 3 is 2.73 bits per heavy atom. The first-order valence-electron chi connectivity index (χ1n) is 3.72. The van der Waals surface area contributed by atoms with Gasteiger partial charge in [0.25, 0.3) is 0 Å². The number of amides is 1. The van der Waals surface area contributed by atoms with Crippen molar-refractivity contribution in [2.24, 2.45) is 0 Å². The lowest BCUT2D eigenvalue weighted by Gasteiger charge is -2.09. The summed E-state index contributed by atoms with van der Waals surface area (Å²) in [6.07, 6.45) is -0.339. The highest BCUT2D eigenvalue weighted by molar-refractivity contribution is 5.66. The van der Waals surface area contributed by atoms with Crippen molar-refractivity contribution in [1.82, 2.24) is 10.2 Å². The van der Waals surface area contributed by atoms with Crippen LogP contribution in [0.2, 0.25) is 0 Å². The van der Waals surface area contributed by atoms with Crippen LogP contribution in [0.3, 0.4) is 0 Å². The topological polar surface area (TPSA) is 41.6 Å². The van der Waals surface area contributed by atoms with Crippen LogP contribution in [0.4, 0.5) is 4.79 Å². The number of ether oxygens (including phenoxy) is 1. The zero-order valence-electron chi connectivity index (χ0n) is 7.39. The minimum Gasteiger partial charge on any atom is -0.450 e. The highest BCUT2D eigenvalue weighted by atomic mass is 16.5. The largest absolute Gasteiger partial charge is 0.450 e. The Hall–Kier alpha value is -0.770. The molecule has 0 bridgehead atoms. The zero-order valence-corrected chi connectivity index (χ0v) is 7.39. The van der Waals surface area contributed by atoms with Gasteiger partial charge in [-0.15, -0.1) is 0 Å². The quantitative estimate of drug-likeness (QED) is 0.656. The fourth-order valence-corrected chi connectivity index (χ4v) is 0.564. The van der Waals surface area contributed by atoms with Gasteiger partial charge in [0.15, 0.2) is 0 Å². The van der Waals surface area contributed by atoms with Gasteiger partial charge in [-0.3, -0.25) is 0 Å². The van der Waals surface area contributed by atoms with Gasteiger partial charge in [-0.1, -0.05) is 0 Å². The van der Waals surface area contributed by atoms with Crippen molar-refractivity contribution in [2.45, 2.75) is 6.92 Å². The van der Waals surface area contributed by atoms with E-state index < -0.39 is 0 Å². The third-order valence-electron chi connectivity index (χ3n) is 1.10. The van der Waals surface area contributed by atoms with Crippen LogP contribution in [-0.4, -0.2) is 44.8 Å².